The molecule has 3 amide bonds. The number of carbonyl (C=O) groups excluding carboxylic acids is 2. The fraction of sp³-hybridized carbons (Fsp3) is 0.217. The van der Waals surface area contributed by atoms with Gasteiger partial charge in [-0.1, -0.05) is 36.4 Å². The highest BCUT2D eigenvalue weighted by Gasteiger charge is 2.40. The highest BCUT2D eigenvalue weighted by Crippen LogP contribution is 2.27. The second kappa shape index (κ2) is 9.69. The highest BCUT2D eigenvalue weighted by molar-refractivity contribution is 5.97. The van der Waals surface area contributed by atoms with Gasteiger partial charge in [-0.3, -0.25) is 4.79 Å². The summed E-state index contributed by atoms with van der Waals surface area (Å²) in [6.07, 6.45) is 0.978. The number of amides is 3. The maximum atomic E-state index is 13.4. The molecule has 0 radical (unpaired) electrons. The van der Waals surface area contributed by atoms with E-state index in [0.717, 1.165) is 10.5 Å². The number of hydrogen-bond donors (Lipinski definition) is 4. The third-order valence-corrected chi connectivity index (χ3v) is 5.18. The Kier molecular flexibility index (Phi) is 6.53. The van der Waals surface area contributed by atoms with Gasteiger partial charge < -0.3 is 26.6 Å². The van der Waals surface area contributed by atoms with Crippen LogP contribution in [-0.2, 0) is 6.54 Å². The van der Waals surface area contributed by atoms with Gasteiger partial charge in [0.1, 0.15) is 5.82 Å². The molecule has 1 aromatic heterocycles. The average molecular weight is 467 g/mol. The molecule has 3 aromatic rings. The lowest BCUT2D eigenvalue weighted by Gasteiger charge is -2.17. The van der Waals surface area contributed by atoms with Crippen molar-refractivity contribution in [2.24, 2.45) is 5.73 Å². The number of aromatic nitrogens is 2. The Morgan fingerprint density at radius 1 is 1.09 bits per heavy atom. The van der Waals surface area contributed by atoms with Crippen LogP contribution in [0.25, 0.3) is 0 Å². The van der Waals surface area contributed by atoms with E-state index in [1.54, 1.807) is 24.3 Å². The minimum absolute atomic E-state index is 0.00438. The lowest BCUT2D eigenvalue weighted by Crippen LogP contribution is -2.34. The SMILES string of the molecule is NC(=O)c1cnc(Nc2cccc(NC(=O)N3CCC(F)(F)C3)c2)nc1NCc1ccccc1. The number of nitrogens with one attached hydrogen (secondary N) is 3. The zero-order valence-electron chi connectivity index (χ0n) is 18.1. The monoisotopic (exact) mass is 467 g/mol. The van der Waals surface area contributed by atoms with Crippen LogP contribution in [0.3, 0.4) is 0 Å². The molecule has 2 heterocycles. The van der Waals surface area contributed by atoms with Crippen molar-refractivity contribution in [2.45, 2.75) is 18.9 Å². The number of benzene rings is 2. The molecule has 0 saturated carbocycles. The molecular weight excluding hydrogens is 444 g/mol. The lowest BCUT2D eigenvalue weighted by molar-refractivity contribution is 0.0159. The molecule has 1 fully saturated rings. The van der Waals surface area contributed by atoms with Gasteiger partial charge in [0.15, 0.2) is 0 Å². The molecule has 1 aliphatic rings. The van der Waals surface area contributed by atoms with E-state index in [9.17, 15) is 18.4 Å². The number of halogens is 2. The summed E-state index contributed by atoms with van der Waals surface area (Å²) in [7, 11) is 0. The van der Waals surface area contributed by atoms with Crippen LogP contribution in [0.1, 0.15) is 22.3 Å². The molecule has 1 aliphatic heterocycles. The number of likely N-dealkylation sites (tertiary alicyclic amines) is 1. The number of nitrogens with zero attached hydrogens (tertiary/aromatic N) is 3. The zero-order chi connectivity index (χ0) is 24.1. The molecule has 5 N–H and O–H groups in total. The Labute approximate surface area is 194 Å². The van der Waals surface area contributed by atoms with Crippen LogP contribution in [0.5, 0.6) is 0 Å². The van der Waals surface area contributed by atoms with Gasteiger partial charge in [-0.25, -0.2) is 18.6 Å². The fourth-order valence-electron chi connectivity index (χ4n) is 3.45. The first-order valence-electron chi connectivity index (χ1n) is 10.5. The summed E-state index contributed by atoms with van der Waals surface area (Å²) in [6, 6.07) is 15.6. The average Bonchev–Trinajstić information content (AvgIpc) is 3.18. The predicted molar refractivity (Wildman–Crippen MR) is 124 cm³/mol. The molecule has 0 bridgehead atoms. The lowest BCUT2D eigenvalue weighted by atomic mass is 10.2. The molecule has 11 heteroatoms. The number of rotatable bonds is 7. The van der Waals surface area contributed by atoms with Crippen molar-refractivity contribution in [3.8, 4) is 0 Å². The van der Waals surface area contributed by atoms with E-state index in [1.165, 1.54) is 6.20 Å². The summed E-state index contributed by atoms with van der Waals surface area (Å²) in [6.45, 7) is -0.181. The minimum atomic E-state index is -2.86. The van der Waals surface area contributed by atoms with Gasteiger partial charge in [-0.2, -0.15) is 4.98 Å². The molecule has 2 aromatic carbocycles. The normalized spacial score (nSPS) is 14.5. The third kappa shape index (κ3) is 5.74. The van der Waals surface area contributed by atoms with Gasteiger partial charge in [0.2, 0.25) is 5.95 Å². The Bertz CT molecular complexity index is 1190. The fourth-order valence-corrected chi connectivity index (χ4v) is 3.45. The topological polar surface area (TPSA) is 125 Å². The van der Waals surface area contributed by atoms with Crippen LogP contribution in [0.2, 0.25) is 0 Å². The van der Waals surface area contributed by atoms with E-state index in [-0.39, 0.29) is 30.3 Å². The number of primary amides is 1. The van der Waals surface area contributed by atoms with Gasteiger partial charge in [-0.15, -0.1) is 0 Å². The predicted octanol–water partition coefficient (Wildman–Crippen LogP) is 3.80. The Morgan fingerprint density at radius 2 is 1.85 bits per heavy atom. The number of nitrogens with two attached hydrogens (primary N) is 1. The molecule has 0 spiro atoms. The van der Waals surface area contributed by atoms with Crippen molar-refractivity contribution >= 4 is 35.1 Å². The zero-order valence-corrected chi connectivity index (χ0v) is 18.1. The van der Waals surface area contributed by atoms with Crippen molar-refractivity contribution in [1.82, 2.24) is 14.9 Å². The maximum Gasteiger partial charge on any atom is 0.322 e. The second-order valence-corrected chi connectivity index (χ2v) is 7.82. The summed E-state index contributed by atoms with van der Waals surface area (Å²) in [4.78, 5) is 33.7. The van der Waals surface area contributed by atoms with Crippen LogP contribution in [0.15, 0.2) is 60.8 Å². The van der Waals surface area contributed by atoms with Crippen molar-refractivity contribution in [1.29, 1.82) is 0 Å². The first-order valence-corrected chi connectivity index (χ1v) is 10.5. The molecule has 0 aliphatic carbocycles. The van der Waals surface area contributed by atoms with Crippen LogP contribution in [0.4, 0.5) is 36.7 Å². The minimum Gasteiger partial charge on any atom is -0.365 e. The summed E-state index contributed by atoms with van der Waals surface area (Å²) >= 11 is 0. The third-order valence-electron chi connectivity index (χ3n) is 5.18. The Hall–Kier alpha value is -4.28. The van der Waals surface area contributed by atoms with E-state index in [1.807, 2.05) is 30.3 Å². The van der Waals surface area contributed by atoms with E-state index in [0.29, 0.717) is 17.9 Å². The molecule has 0 unspecified atom stereocenters. The smallest absolute Gasteiger partial charge is 0.322 e. The quantitative estimate of drug-likeness (QED) is 0.419. The van der Waals surface area contributed by atoms with Crippen LogP contribution in [-0.4, -0.2) is 45.8 Å². The number of carbonyl (C=O) groups is 2. The first-order chi connectivity index (χ1) is 16.3. The van der Waals surface area contributed by atoms with Crippen LogP contribution in [0, 0.1) is 0 Å². The second-order valence-electron chi connectivity index (χ2n) is 7.82. The van der Waals surface area contributed by atoms with Gasteiger partial charge in [0, 0.05) is 37.1 Å². The van der Waals surface area contributed by atoms with Gasteiger partial charge in [-0.05, 0) is 23.8 Å². The van der Waals surface area contributed by atoms with E-state index in [4.69, 9.17) is 5.73 Å². The van der Waals surface area contributed by atoms with Crippen molar-refractivity contribution in [3.63, 3.8) is 0 Å². The first kappa shape index (κ1) is 22.9. The van der Waals surface area contributed by atoms with Gasteiger partial charge in [0.05, 0.1) is 12.1 Å². The van der Waals surface area contributed by atoms with Crippen LogP contribution < -0.4 is 21.7 Å². The largest absolute Gasteiger partial charge is 0.365 e. The molecule has 9 nitrogen and oxygen atoms in total. The summed E-state index contributed by atoms with van der Waals surface area (Å²) < 4.78 is 26.8. The van der Waals surface area contributed by atoms with E-state index in [2.05, 4.69) is 25.9 Å². The Balaban J connectivity index is 1.45. The summed E-state index contributed by atoms with van der Waals surface area (Å²) in [5, 5.41) is 8.72. The summed E-state index contributed by atoms with van der Waals surface area (Å²) in [5.74, 6) is -3.06. The van der Waals surface area contributed by atoms with Crippen molar-refractivity contribution in [2.75, 3.05) is 29.0 Å². The van der Waals surface area contributed by atoms with Crippen LogP contribution >= 0.6 is 0 Å². The molecule has 176 valence electrons. The summed E-state index contributed by atoms with van der Waals surface area (Å²) in [5.41, 5.74) is 7.55. The molecule has 1 saturated heterocycles. The molecule has 34 heavy (non-hydrogen) atoms. The maximum absolute atomic E-state index is 13.4. The number of hydrogen-bond acceptors (Lipinski definition) is 6. The standard InChI is InChI=1S/C23H23F2N7O2/c24-23(25)9-10-32(14-23)22(34)30-17-8-4-7-16(11-17)29-21-28-13-18(19(26)33)20(31-21)27-12-15-5-2-1-3-6-15/h1-8,11,13H,9-10,12,14H2,(H2,26,33)(H,30,34)(H2,27,28,29,31). The van der Waals surface area contributed by atoms with Crippen molar-refractivity contribution in [3.05, 3.63) is 71.9 Å². The number of urea groups is 1. The molecule has 4 rings (SSSR count). The van der Waals surface area contributed by atoms with Gasteiger partial charge >= 0.3 is 6.03 Å². The van der Waals surface area contributed by atoms with Crippen molar-refractivity contribution < 1.29 is 18.4 Å². The molecular formula is C23H23F2N7O2. The van der Waals surface area contributed by atoms with E-state index < -0.39 is 24.4 Å². The number of anilines is 4. The Morgan fingerprint density at radius 3 is 2.56 bits per heavy atom. The highest BCUT2D eigenvalue weighted by atomic mass is 19.3. The molecule has 0 atom stereocenters. The number of alkyl halides is 2. The van der Waals surface area contributed by atoms with Gasteiger partial charge in [0.25, 0.3) is 11.8 Å². The van der Waals surface area contributed by atoms with E-state index >= 15 is 0 Å².